The summed E-state index contributed by atoms with van der Waals surface area (Å²) in [5, 5.41) is 12.3. The molecule has 7 heteroatoms. The highest BCUT2D eigenvalue weighted by atomic mass is 16.2. The summed E-state index contributed by atoms with van der Waals surface area (Å²) >= 11 is 0. The van der Waals surface area contributed by atoms with Crippen LogP contribution in [0.4, 0.5) is 5.69 Å². The zero-order chi connectivity index (χ0) is 19.7. The Balaban J connectivity index is 1.43. The average Bonchev–Trinajstić information content (AvgIpc) is 3.20. The predicted octanol–water partition coefficient (Wildman–Crippen LogP) is 2.55. The summed E-state index contributed by atoms with van der Waals surface area (Å²) < 4.78 is 0. The third kappa shape index (κ3) is 3.60. The van der Waals surface area contributed by atoms with Crippen molar-refractivity contribution in [2.45, 2.75) is 20.8 Å². The van der Waals surface area contributed by atoms with Gasteiger partial charge in [-0.15, -0.1) is 15.0 Å². The van der Waals surface area contributed by atoms with Crippen LogP contribution in [-0.4, -0.2) is 57.2 Å². The summed E-state index contributed by atoms with van der Waals surface area (Å²) in [6, 6.07) is 14.3. The second kappa shape index (κ2) is 7.42. The van der Waals surface area contributed by atoms with Gasteiger partial charge in [0.15, 0.2) is 0 Å². The molecule has 1 aromatic heterocycles. The zero-order valence-electron chi connectivity index (χ0n) is 16.5. The van der Waals surface area contributed by atoms with Gasteiger partial charge in [-0.05, 0) is 55.3 Å². The first-order valence-corrected chi connectivity index (χ1v) is 9.50. The number of carbonyl (C=O) groups is 1. The Morgan fingerprint density at radius 3 is 2.29 bits per heavy atom. The number of tetrazole rings is 1. The van der Waals surface area contributed by atoms with Crippen molar-refractivity contribution in [2.75, 3.05) is 31.1 Å². The third-order valence-corrected chi connectivity index (χ3v) is 5.14. The van der Waals surface area contributed by atoms with Crippen molar-refractivity contribution in [1.29, 1.82) is 0 Å². The molecule has 1 aliphatic rings. The second-order valence-electron chi connectivity index (χ2n) is 7.31. The predicted molar refractivity (Wildman–Crippen MR) is 108 cm³/mol. The van der Waals surface area contributed by atoms with E-state index in [4.69, 9.17) is 0 Å². The van der Waals surface area contributed by atoms with Gasteiger partial charge in [-0.1, -0.05) is 29.8 Å². The second-order valence-corrected chi connectivity index (χ2v) is 7.31. The van der Waals surface area contributed by atoms with Crippen LogP contribution in [0.15, 0.2) is 42.5 Å². The summed E-state index contributed by atoms with van der Waals surface area (Å²) in [6.07, 6.45) is 0. The van der Waals surface area contributed by atoms with Gasteiger partial charge in [0.1, 0.15) is 0 Å². The van der Waals surface area contributed by atoms with Gasteiger partial charge < -0.3 is 9.80 Å². The van der Waals surface area contributed by atoms with Gasteiger partial charge in [-0.25, -0.2) is 0 Å². The Bertz CT molecular complexity index is 986. The molecule has 4 rings (SSSR count). The summed E-state index contributed by atoms with van der Waals surface area (Å²) in [6.45, 7) is 9.12. The van der Waals surface area contributed by atoms with E-state index in [1.165, 1.54) is 21.6 Å². The first-order valence-electron chi connectivity index (χ1n) is 9.50. The molecule has 0 N–H and O–H groups in total. The molecule has 7 nitrogen and oxygen atoms in total. The van der Waals surface area contributed by atoms with Gasteiger partial charge >= 0.3 is 0 Å². The Labute approximate surface area is 164 Å². The van der Waals surface area contributed by atoms with Crippen molar-refractivity contribution in [3.63, 3.8) is 0 Å². The van der Waals surface area contributed by atoms with Crippen LogP contribution in [0.2, 0.25) is 0 Å². The van der Waals surface area contributed by atoms with Gasteiger partial charge in [0.2, 0.25) is 0 Å². The number of rotatable bonds is 3. The van der Waals surface area contributed by atoms with Gasteiger partial charge in [0.25, 0.3) is 11.7 Å². The maximum Gasteiger partial charge on any atom is 0.295 e. The molecule has 0 radical (unpaired) electrons. The molecule has 1 saturated heterocycles. The van der Waals surface area contributed by atoms with E-state index in [-0.39, 0.29) is 11.7 Å². The minimum Gasteiger partial charge on any atom is -0.368 e. The van der Waals surface area contributed by atoms with Crippen molar-refractivity contribution >= 4 is 11.6 Å². The molecule has 0 atom stereocenters. The van der Waals surface area contributed by atoms with Crippen molar-refractivity contribution in [3.05, 3.63) is 65.0 Å². The molecule has 2 aromatic carbocycles. The van der Waals surface area contributed by atoms with E-state index < -0.39 is 0 Å². The minimum atomic E-state index is -0.168. The molecule has 1 amide bonds. The number of amides is 1. The van der Waals surface area contributed by atoms with Crippen molar-refractivity contribution in [2.24, 2.45) is 0 Å². The molecule has 3 aromatic rings. The number of hydrogen-bond acceptors (Lipinski definition) is 5. The van der Waals surface area contributed by atoms with Crippen LogP contribution in [0, 0.1) is 20.8 Å². The van der Waals surface area contributed by atoms with Gasteiger partial charge in [0.05, 0.1) is 5.69 Å². The first kappa shape index (κ1) is 18.2. The zero-order valence-corrected chi connectivity index (χ0v) is 16.5. The van der Waals surface area contributed by atoms with Crippen LogP contribution in [0.25, 0.3) is 5.69 Å². The largest absolute Gasteiger partial charge is 0.368 e. The molecule has 144 valence electrons. The quantitative estimate of drug-likeness (QED) is 0.703. The van der Waals surface area contributed by atoms with E-state index >= 15 is 0 Å². The van der Waals surface area contributed by atoms with E-state index in [0.29, 0.717) is 13.1 Å². The summed E-state index contributed by atoms with van der Waals surface area (Å²) in [7, 11) is 0. The van der Waals surface area contributed by atoms with Crippen LogP contribution in [0.3, 0.4) is 0 Å². The van der Waals surface area contributed by atoms with Crippen LogP contribution in [0.1, 0.15) is 27.3 Å². The standard InChI is InChI=1S/C21H24N6O/c1-15-5-8-18(9-6-15)27-23-20(22-24-27)21(28)26-12-10-25(11-13-26)19-14-16(2)4-7-17(19)3/h4-9,14H,10-13H2,1-3H3. The fourth-order valence-corrected chi connectivity index (χ4v) is 3.44. The summed E-state index contributed by atoms with van der Waals surface area (Å²) in [4.78, 5) is 18.3. The SMILES string of the molecule is Cc1ccc(-n2nnc(C(=O)N3CCN(c4cc(C)ccc4C)CC3)n2)cc1. The molecule has 0 saturated carbocycles. The fraction of sp³-hybridized carbons (Fsp3) is 0.333. The van der Waals surface area contributed by atoms with E-state index in [1.54, 1.807) is 4.90 Å². The molecule has 0 unspecified atom stereocenters. The normalized spacial score (nSPS) is 14.4. The van der Waals surface area contributed by atoms with Crippen molar-refractivity contribution in [1.82, 2.24) is 25.1 Å². The highest BCUT2D eigenvalue weighted by Crippen LogP contribution is 2.23. The lowest BCUT2D eigenvalue weighted by atomic mass is 10.1. The number of carbonyl (C=O) groups excluding carboxylic acids is 1. The lowest BCUT2D eigenvalue weighted by Gasteiger charge is -2.36. The van der Waals surface area contributed by atoms with Crippen LogP contribution in [-0.2, 0) is 0 Å². The third-order valence-electron chi connectivity index (χ3n) is 5.14. The van der Waals surface area contributed by atoms with E-state index in [0.717, 1.165) is 24.3 Å². The summed E-state index contributed by atoms with van der Waals surface area (Å²) in [5.74, 6) is -0.0280. The van der Waals surface area contributed by atoms with Gasteiger partial charge in [0, 0.05) is 31.9 Å². The van der Waals surface area contributed by atoms with Crippen molar-refractivity contribution in [3.8, 4) is 5.69 Å². The highest BCUT2D eigenvalue weighted by Gasteiger charge is 2.26. The Morgan fingerprint density at radius 1 is 0.893 bits per heavy atom. The molecule has 0 spiro atoms. The maximum absolute atomic E-state index is 12.8. The Kier molecular flexibility index (Phi) is 4.81. The topological polar surface area (TPSA) is 67.2 Å². The fourth-order valence-electron chi connectivity index (χ4n) is 3.44. The van der Waals surface area contributed by atoms with Crippen LogP contribution in [0.5, 0.6) is 0 Å². The molecule has 1 fully saturated rings. The number of aryl methyl sites for hydroxylation is 3. The number of piperazine rings is 1. The number of benzene rings is 2. The molecule has 0 bridgehead atoms. The van der Waals surface area contributed by atoms with Gasteiger partial charge in [-0.2, -0.15) is 0 Å². The Hall–Kier alpha value is -3.22. The Morgan fingerprint density at radius 2 is 1.57 bits per heavy atom. The first-order chi connectivity index (χ1) is 13.5. The average molecular weight is 376 g/mol. The van der Waals surface area contributed by atoms with Crippen molar-refractivity contribution < 1.29 is 4.79 Å². The van der Waals surface area contributed by atoms with E-state index in [2.05, 4.69) is 52.4 Å². The van der Waals surface area contributed by atoms with Gasteiger partial charge in [-0.3, -0.25) is 4.79 Å². The number of nitrogens with zero attached hydrogens (tertiary/aromatic N) is 6. The molecular weight excluding hydrogens is 352 g/mol. The number of anilines is 1. The molecule has 28 heavy (non-hydrogen) atoms. The highest BCUT2D eigenvalue weighted by molar-refractivity contribution is 5.90. The summed E-state index contributed by atoms with van der Waals surface area (Å²) in [5.41, 5.74) is 5.69. The van der Waals surface area contributed by atoms with E-state index in [9.17, 15) is 4.79 Å². The maximum atomic E-state index is 12.8. The van der Waals surface area contributed by atoms with E-state index in [1.807, 2.05) is 31.2 Å². The lowest BCUT2D eigenvalue weighted by molar-refractivity contribution is 0.0734. The molecular formula is C21H24N6O. The minimum absolute atomic E-state index is 0.140. The molecule has 1 aliphatic heterocycles. The molecule has 0 aliphatic carbocycles. The monoisotopic (exact) mass is 376 g/mol. The number of hydrogen-bond donors (Lipinski definition) is 0. The number of aromatic nitrogens is 4. The smallest absolute Gasteiger partial charge is 0.295 e. The molecule has 2 heterocycles. The van der Waals surface area contributed by atoms with Crippen LogP contribution >= 0.6 is 0 Å². The lowest BCUT2D eigenvalue weighted by Crippen LogP contribution is -2.49. The van der Waals surface area contributed by atoms with Crippen LogP contribution < -0.4 is 4.90 Å².